The minimum atomic E-state index is -1.17. The van der Waals surface area contributed by atoms with Crippen LogP contribution in [0.2, 0.25) is 0 Å². The van der Waals surface area contributed by atoms with E-state index in [1.165, 1.54) is 16.5 Å². The molecule has 160 valence electrons. The molecule has 1 aliphatic carbocycles. The van der Waals surface area contributed by atoms with Crippen LogP contribution in [0.25, 0.3) is 10.9 Å². The molecule has 0 spiro atoms. The Balaban J connectivity index is 1.52. The third-order valence-corrected chi connectivity index (χ3v) is 9.57. The first-order valence-electron chi connectivity index (χ1n) is 11.5. The number of amides is 1. The van der Waals surface area contributed by atoms with E-state index in [1.54, 1.807) is 0 Å². The van der Waals surface area contributed by atoms with E-state index >= 15 is 0 Å². The maximum atomic E-state index is 14.1. The predicted octanol–water partition coefficient (Wildman–Crippen LogP) is 4.90. The number of aryl methyl sites for hydroxylation is 1. The molecule has 5 atom stereocenters. The maximum Gasteiger partial charge on any atom is 0.226 e. The summed E-state index contributed by atoms with van der Waals surface area (Å²) in [4.78, 5) is 20.2. The molecule has 1 aromatic heterocycles. The Hall–Kier alpha value is -2.40. The summed E-state index contributed by atoms with van der Waals surface area (Å²) in [5, 5.41) is 1.17. The fraction of sp³-hybridized carbons (Fsp3) is 0.423. The number of nitrogens with one attached hydrogen (secondary N) is 1. The van der Waals surface area contributed by atoms with Gasteiger partial charge in [-0.2, -0.15) is 0 Å². The molecule has 1 N–H and O–H groups in total. The van der Waals surface area contributed by atoms with Crippen molar-refractivity contribution in [2.45, 2.75) is 55.2 Å². The van der Waals surface area contributed by atoms with E-state index in [0.29, 0.717) is 0 Å². The minimum Gasteiger partial charge on any atom is -0.356 e. The molecular weight excluding hydrogens is 404 g/mol. The lowest BCUT2D eigenvalue weighted by molar-refractivity contribution is -0.147. The van der Waals surface area contributed by atoms with Crippen molar-refractivity contribution in [2.24, 2.45) is 11.8 Å². The highest BCUT2D eigenvalue weighted by molar-refractivity contribution is 7.85. The second-order valence-electron chi connectivity index (χ2n) is 9.42. The Kier molecular flexibility index (Phi) is 4.57. The zero-order valence-corrected chi connectivity index (χ0v) is 18.7. The van der Waals surface area contributed by atoms with Gasteiger partial charge in [0.2, 0.25) is 5.91 Å². The molecule has 1 saturated carbocycles. The number of nitrogens with zero attached hydrogens (tertiary/aromatic N) is 1. The van der Waals surface area contributed by atoms with Crippen LogP contribution >= 0.6 is 0 Å². The third kappa shape index (κ3) is 2.93. The van der Waals surface area contributed by atoms with Gasteiger partial charge in [0.1, 0.15) is 0 Å². The molecule has 1 saturated heterocycles. The molecule has 1 amide bonds. The number of para-hydroxylation sites is 1. The number of piperidine rings is 1. The summed E-state index contributed by atoms with van der Waals surface area (Å²) in [6.45, 7) is 2.78. The number of fused-ring (bicyclic) bond motifs is 6. The van der Waals surface area contributed by atoms with Gasteiger partial charge >= 0.3 is 0 Å². The van der Waals surface area contributed by atoms with Crippen LogP contribution in [0.5, 0.6) is 0 Å². The molecule has 2 fully saturated rings. The van der Waals surface area contributed by atoms with Crippen LogP contribution < -0.4 is 0 Å². The fourth-order valence-corrected chi connectivity index (χ4v) is 8.15. The normalized spacial score (nSPS) is 28.7. The smallest absolute Gasteiger partial charge is 0.226 e. The predicted molar refractivity (Wildman–Crippen MR) is 123 cm³/mol. The SMILES string of the molecule is Cc1ccc(S(=O)[C@@H]2[C@@H]3CCCC[C@@H]3C(=O)N3CCc4c([nH]c5ccccc45)[C@@H]23)cc1. The molecule has 1 unspecified atom stereocenters. The summed E-state index contributed by atoms with van der Waals surface area (Å²) < 4.78 is 14.1. The van der Waals surface area contributed by atoms with Gasteiger partial charge in [0.05, 0.1) is 22.1 Å². The molecule has 31 heavy (non-hydrogen) atoms. The molecule has 0 bridgehead atoms. The van der Waals surface area contributed by atoms with Crippen molar-refractivity contribution < 1.29 is 9.00 Å². The Labute approximate surface area is 185 Å². The summed E-state index contributed by atoms with van der Waals surface area (Å²) in [5.74, 6) is 0.494. The number of hydrogen-bond donors (Lipinski definition) is 1. The molecule has 3 aromatic rings. The van der Waals surface area contributed by atoms with Crippen LogP contribution in [-0.4, -0.2) is 31.8 Å². The Morgan fingerprint density at radius 2 is 1.81 bits per heavy atom. The number of aromatic amines is 1. The van der Waals surface area contributed by atoms with Gasteiger partial charge in [0, 0.05) is 34.0 Å². The molecule has 0 radical (unpaired) electrons. The number of benzene rings is 2. The van der Waals surface area contributed by atoms with Crippen molar-refractivity contribution >= 4 is 27.6 Å². The number of rotatable bonds is 2. The standard InChI is InChI=1S/C26H28N2O2S/c1-16-10-12-17(13-11-16)31(30)25-20-7-2-3-8-21(20)26(29)28-15-14-19-18-6-4-5-9-22(18)27-23(19)24(25)28/h4-6,9-13,20-21,24-25,27H,2-3,7-8,14-15H2,1H3/t20-,21+,24+,25-,31?/m1/s1. The van der Waals surface area contributed by atoms with Gasteiger partial charge < -0.3 is 9.88 Å². The molecular formula is C26H28N2O2S. The number of carbonyl (C=O) groups excluding carboxylic acids is 1. The number of hydrogen-bond acceptors (Lipinski definition) is 2. The van der Waals surface area contributed by atoms with Crippen LogP contribution in [0.3, 0.4) is 0 Å². The van der Waals surface area contributed by atoms with Gasteiger partial charge in [-0.15, -0.1) is 0 Å². The molecule has 3 aliphatic rings. The van der Waals surface area contributed by atoms with E-state index in [9.17, 15) is 9.00 Å². The number of carbonyl (C=O) groups is 1. The first kappa shape index (κ1) is 19.3. The van der Waals surface area contributed by atoms with Crippen LogP contribution in [0, 0.1) is 18.8 Å². The topological polar surface area (TPSA) is 53.2 Å². The molecule has 6 rings (SSSR count). The van der Waals surface area contributed by atoms with Crippen molar-refractivity contribution in [1.29, 1.82) is 0 Å². The molecule has 4 nitrogen and oxygen atoms in total. The average molecular weight is 433 g/mol. The zero-order valence-electron chi connectivity index (χ0n) is 17.8. The summed E-state index contributed by atoms with van der Waals surface area (Å²) in [6, 6.07) is 16.4. The third-order valence-electron chi connectivity index (χ3n) is 7.73. The highest BCUT2D eigenvalue weighted by Crippen LogP contribution is 2.50. The Morgan fingerprint density at radius 1 is 1.03 bits per heavy atom. The zero-order chi connectivity index (χ0) is 21.1. The number of aromatic nitrogens is 1. The van der Waals surface area contributed by atoms with Gasteiger partial charge in [0.15, 0.2) is 0 Å². The van der Waals surface area contributed by atoms with E-state index in [-0.39, 0.29) is 29.0 Å². The average Bonchev–Trinajstić information content (AvgIpc) is 3.19. The van der Waals surface area contributed by atoms with Crippen molar-refractivity contribution in [3.05, 3.63) is 65.4 Å². The van der Waals surface area contributed by atoms with Crippen LogP contribution in [0.15, 0.2) is 53.4 Å². The van der Waals surface area contributed by atoms with Crippen molar-refractivity contribution in [3.8, 4) is 0 Å². The van der Waals surface area contributed by atoms with Gasteiger partial charge in [-0.1, -0.05) is 48.7 Å². The van der Waals surface area contributed by atoms with E-state index in [2.05, 4.69) is 35.0 Å². The maximum absolute atomic E-state index is 14.1. The second-order valence-corrected chi connectivity index (χ2v) is 11.0. The number of H-pyrrole nitrogens is 1. The lowest BCUT2D eigenvalue weighted by Gasteiger charge is -2.51. The molecule has 5 heteroatoms. The van der Waals surface area contributed by atoms with Crippen LogP contribution in [-0.2, 0) is 22.0 Å². The second kappa shape index (κ2) is 7.33. The van der Waals surface area contributed by atoms with Crippen molar-refractivity contribution in [1.82, 2.24) is 9.88 Å². The van der Waals surface area contributed by atoms with Crippen molar-refractivity contribution in [3.63, 3.8) is 0 Å². The molecule has 2 aromatic carbocycles. The summed E-state index contributed by atoms with van der Waals surface area (Å²) in [7, 11) is -1.17. The van der Waals surface area contributed by atoms with E-state index in [4.69, 9.17) is 0 Å². The van der Waals surface area contributed by atoms with Gasteiger partial charge in [0.25, 0.3) is 0 Å². The quantitative estimate of drug-likeness (QED) is 0.626. The van der Waals surface area contributed by atoms with Gasteiger partial charge in [-0.3, -0.25) is 9.00 Å². The van der Waals surface area contributed by atoms with E-state index < -0.39 is 10.8 Å². The largest absolute Gasteiger partial charge is 0.356 e. The highest BCUT2D eigenvalue weighted by Gasteiger charge is 2.53. The highest BCUT2D eigenvalue weighted by atomic mass is 32.2. The first-order valence-corrected chi connectivity index (χ1v) is 12.7. The fourth-order valence-electron chi connectivity index (χ4n) is 6.27. The Bertz CT molecular complexity index is 1180. The Morgan fingerprint density at radius 3 is 2.65 bits per heavy atom. The van der Waals surface area contributed by atoms with Crippen LogP contribution in [0.1, 0.15) is 48.5 Å². The minimum absolute atomic E-state index is 0.0235. The van der Waals surface area contributed by atoms with Crippen molar-refractivity contribution in [2.75, 3.05) is 6.54 Å². The summed E-state index contributed by atoms with van der Waals surface area (Å²) in [6.07, 6.45) is 5.03. The van der Waals surface area contributed by atoms with Gasteiger partial charge in [-0.05, 0) is 55.9 Å². The van der Waals surface area contributed by atoms with E-state index in [1.807, 2.05) is 30.3 Å². The summed E-state index contributed by atoms with van der Waals surface area (Å²) in [5.41, 5.74) is 4.72. The first-order chi connectivity index (χ1) is 15.1. The van der Waals surface area contributed by atoms with E-state index in [0.717, 1.165) is 54.8 Å². The summed E-state index contributed by atoms with van der Waals surface area (Å²) >= 11 is 0. The lowest BCUT2D eigenvalue weighted by Crippen LogP contribution is -2.58. The molecule has 2 aliphatic heterocycles. The molecule has 3 heterocycles. The monoisotopic (exact) mass is 432 g/mol. The van der Waals surface area contributed by atoms with Crippen LogP contribution in [0.4, 0.5) is 0 Å². The van der Waals surface area contributed by atoms with Gasteiger partial charge in [-0.25, -0.2) is 0 Å². The lowest BCUT2D eigenvalue weighted by atomic mass is 9.70.